The molecule has 0 fully saturated rings. The smallest absolute Gasteiger partial charge is 0.395 e. The summed E-state index contributed by atoms with van der Waals surface area (Å²) in [7, 11) is 0. The average molecular weight is 242 g/mol. The van der Waals surface area contributed by atoms with Gasteiger partial charge in [0.25, 0.3) is 0 Å². The molecule has 0 atom stereocenters. The summed E-state index contributed by atoms with van der Waals surface area (Å²) in [6.45, 7) is 8.12. The molecular weight excluding hydrogens is 226 g/mol. The number of hydrogen-bond donors (Lipinski definition) is 0. The molecule has 1 aromatic carbocycles. The molecule has 0 saturated heterocycles. The molecule has 0 spiro atoms. The Bertz CT molecular complexity index is 400. The molecule has 1 aromatic rings. The number of rotatable bonds is 2. The average Bonchev–Trinajstić information content (AvgIpc) is 2.48. The van der Waals surface area contributed by atoms with E-state index in [1.54, 1.807) is 12.1 Å². The van der Waals surface area contributed by atoms with Crippen molar-refractivity contribution in [3.05, 3.63) is 23.3 Å². The lowest BCUT2D eigenvalue weighted by Crippen LogP contribution is -2.25. The van der Waals surface area contributed by atoms with Crippen LogP contribution in [0.25, 0.3) is 0 Å². The van der Waals surface area contributed by atoms with Gasteiger partial charge in [-0.25, -0.2) is 0 Å². The highest BCUT2D eigenvalue weighted by Gasteiger charge is 2.44. The van der Waals surface area contributed by atoms with E-state index in [4.69, 9.17) is 0 Å². The van der Waals surface area contributed by atoms with Gasteiger partial charge in [0, 0.05) is 0 Å². The van der Waals surface area contributed by atoms with Crippen LogP contribution in [0.5, 0.6) is 11.5 Å². The third-order valence-electron chi connectivity index (χ3n) is 2.85. The number of fused-ring (bicyclic) bond motifs is 1. The van der Waals surface area contributed by atoms with E-state index in [1.807, 2.05) is 27.7 Å². The summed E-state index contributed by atoms with van der Waals surface area (Å²) in [5.41, 5.74) is 2.06. The Balaban J connectivity index is 2.51. The summed E-state index contributed by atoms with van der Waals surface area (Å²) >= 11 is 0. The summed E-state index contributed by atoms with van der Waals surface area (Å²) in [6, 6.07) is 3.33. The first-order valence-corrected chi connectivity index (χ1v) is 5.74. The third-order valence-corrected chi connectivity index (χ3v) is 2.85. The molecule has 0 N–H and O–H groups in total. The Labute approximate surface area is 99.5 Å². The van der Waals surface area contributed by atoms with E-state index in [0.717, 1.165) is 11.1 Å². The van der Waals surface area contributed by atoms with Gasteiger partial charge in [-0.1, -0.05) is 27.7 Å². The molecule has 0 aliphatic carbocycles. The molecule has 94 valence electrons. The Morgan fingerprint density at radius 1 is 0.882 bits per heavy atom. The summed E-state index contributed by atoms with van der Waals surface area (Å²) in [4.78, 5) is 0. The van der Waals surface area contributed by atoms with Crippen molar-refractivity contribution in [2.45, 2.75) is 45.8 Å². The Morgan fingerprint density at radius 2 is 1.24 bits per heavy atom. The van der Waals surface area contributed by atoms with Crippen LogP contribution in [0.3, 0.4) is 0 Å². The quantitative estimate of drug-likeness (QED) is 0.771. The second kappa shape index (κ2) is 3.86. The lowest BCUT2D eigenvalue weighted by molar-refractivity contribution is -0.286. The predicted octanol–water partition coefficient (Wildman–Crippen LogP) is 4.25. The molecule has 0 saturated carbocycles. The van der Waals surface area contributed by atoms with E-state index in [0.29, 0.717) is 0 Å². The van der Waals surface area contributed by atoms with Crippen LogP contribution in [0.1, 0.15) is 50.7 Å². The van der Waals surface area contributed by atoms with Gasteiger partial charge >= 0.3 is 6.29 Å². The molecule has 0 amide bonds. The van der Waals surface area contributed by atoms with Crippen molar-refractivity contribution in [1.29, 1.82) is 0 Å². The van der Waals surface area contributed by atoms with Crippen LogP contribution < -0.4 is 9.47 Å². The van der Waals surface area contributed by atoms with Gasteiger partial charge in [0.15, 0.2) is 11.5 Å². The lowest BCUT2D eigenvalue weighted by Gasteiger charge is -2.16. The van der Waals surface area contributed by atoms with E-state index in [2.05, 4.69) is 9.47 Å². The SMILES string of the molecule is CC(C)c1cc2c(cc1C(C)C)OC(F)(F)O2. The fourth-order valence-electron chi connectivity index (χ4n) is 2.03. The van der Waals surface area contributed by atoms with E-state index >= 15 is 0 Å². The summed E-state index contributed by atoms with van der Waals surface area (Å²) in [5.74, 6) is 0.775. The fraction of sp³-hybridized carbons (Fsp3) is 0.538. The van der Waals surface area contributed by atoms with Crippen LogP contribution in [-0.2, 0) is 0 Å². The predicted molar refractivity (Wildman–Crippen MR) is 60.8 cm³/mol. The monoisotopic (exact) mass is 242 g/mol. The number of alkyl halides is 2. The molecule has 0 radical (unpaired) electrons. The molecule has 0 unspecified atom stereocenters. The van der Waals surface area contributed by atoms with Crippen molar-refractivity contribution in [3.63, 3.8) is 0 Å². The molecule has 0 aromatic heterocycles. The minimum Gasteiger partial charge on any atom is -0.395 e. The summed E-state index contributed by atoms with van der Waals surface area (Å²) in [5, 5.41) is 0. The molecule has 4 heteroatoms. The first-order valence-electron chi connectivity index (χ1n) is 5.74. The molecule has 1 aliphatic heterocycles. The molecule has 2 nitrogen and oxygen atoms in total. The van der Waals surface area contributed by atoms with E-state index in [9.17, 15) is 8.78 Å². The molecule has 0 bridgehead atoms. The van der Waals surface area contributed by atoms with Crippen LogP contribution in [0.2, 0.25) is 0 Å². The first-order chi connectivity index (χ1) is 7.80. The van der Waals surface area contributed by atoms with Crippen LogP contribution in [0.15, 0.2) is 12.1 Å². The second-order valence-electron chi connectivity index (χ2n) is 4.90. The van der Waals surface area contributed by atoms with E-state index in [-0.39, 0.29) is 23.3 Å². The Morgan fingerprint density at radius 3 is 1.53 bits per heavy atom. The molecule has 1 aliphatic rings. The topological polar surface area (TPSA) is 18.5 Å². The van der Waals surface area contributed by atoms with Crippen LogP contribution in [0, 0.1) is 0 Å². The molecular formula is C13H16F2O2. The highest BCUT2D eigenvalue weighted by Crippen LogP contribution is 2.45. The zero-order valence-electron chi connectivity index (χ0n) is 10.4. The van der Waals surface area contributed by atoms with Crippen molar-refractivity contribution >= 4 is 0 Å². The fourth-order valence-corrected chi connectivity index (χ4v) is 2.03. The van der Waals surface area contributed by atoms with E-state index < -0.39 is 6.29 Å². The van der Waals surface area contributed by atoms with Gasteiger partial charge in [0.1, 0.15) is 0 Å². The largest absolute Gasteiger partial charge is 0.586 e. The maximum atomic E-state index is 13.0. The van der Waals surface area contributed by atoms with Crippen molar-refractivity contribution in [2.24, 2.45) is 0 Å². The van der Waals surface area contributed by atoms with Gasteiger partial charge < -0.3 is 9.47 Å². The van der Waals surface area contributed by atoms with Gasteiger partial charge in [-0.3, -0.25) is 0 Å². The van der Waals surface area contributed by atoms with Gasteiger partial charge in [-0.2, -0.15) is 0 Å². The van der Waals surface area contributed by atoms with Crippen LogP contribution in [0.4, 0.5) is 8.78 Å². The van der Waals surface area contributed by atoms with Gasteiger partial charge in [0.2, 0.25) is 0 Å². The molecule has 17 heavy (non-hydrogen) atoms. The second-order valence-corrected chi connectivity index (χ2v) is 4.90. The standard InChI is InChI=1S/C13H16F2O2/c1-7(2)9-5-11-12(6-10(9)8(3)4)17-13(14,15)16-11/h5-8H,1-4H3. The highest BCUT2D eigenvalue weighted by molar-refractivity contribution is 5.51. The molecule has 1 heterocycles. The number of hydrogen-bond acceptors (Lipinski definition) is 2. The number of ether oxygens (including phenoxy) is 2. The third kappa shape index (κ3) is 2.21. The minimum atomic E-state index is -3.54. The summed E-state index contributed by atoms with van der Waals surface area (Å²) in [6.07, 6.45) is -3.54. The van der Waals surface area contributed by atoms with Gasteiger partial charge in [0.05, 0.1) is 0 Å². The van der Waals surface area contributed by atoms with Crippen molar-refractivity contribution in [1.82, 2.24) is 0 Å². The van der Waals surface area contributed by atoms with Gasteiger partial charge in [-0.15, -0.1) is 8.78 Å². The van der Waals surface area contributed by atoms with Crippen molar-refractivity contribution in [3.8, 4) is 11.5 Å². The Kier molecular flexibility index (Phi) is 2.76. The zero-order valence-corrected chi connectivity index (χ0v) is 10.4. The van der Waals surface area contributed by atoms with Crippen molar-refractivity contribution < 1.29 is 18.3 Å². The minimum absolute atomic E-state index is 0.128. The number of halogens is 2. The van der Waals surface area contributed by atoms with Crippen LogP contribution >= 0.6 is 0 Å². The Hall–Kier alpha value is -1.32. The lowest BCUT2D eigenvalue weighted by atomic mass is 9.90. The van der Waals surface area contributed by atoms with Crippen molar-refractivity contribution in [2.75, 3.05) is 0 Å². The first kappa shape index (κ1) is 12.1. The van der Waals surface area contributed by atoms with E-state index in [1.165, 1.54) is 0 Å². The van der Waals surface area contributed by atoms with Crippen LogP contribution in [-0.4, -0.2) is 6.29 Å². The molecule has 2 rings (SSSR count). The summed E-state index contributed by atoms with van der Waals surface area (Å²) < 4.78 is 34.8. The maximum absolute atomic E-state index is 13.0. The van der Waals surface area contributed by atoms with Gasteiger partial charge in [-0.05, 0) is 35.1 Å². The number of benzene rings is 1. The normalized spacial score (nSPS) is 16.9. The maximum Gasteiger partial charge on any atom is 0.586 e. The highest BCUT2D eigenvalue weighted by atomic mass is 19.3. The zero-order chi connectivity index (χ0) is 12.8.